The average molecular weight is 246 g/mol. The summed E-state index contributed by atoms with van der Waals surface area (Å²) in [5.41, 5.74) is 0. The minimum atomic E-state index is -0.972. The quantitative estimate of drug-likeness (QED) is 0.657. The van der Waals surface area contributed by atoms with Crippen LogP contribution in [-0.2, 0) is 19.0 Å². The monoisotopic (exact) mass is 246 g/mol. The van der Waals surface area contributed by atoms with Gasteiger partial charge in [0.2, 0.25) is 0 Å². The van der Waals surface area contributed by atoms with E-state index in [1.807, 2.05) is 0 Å². The van der Waals surface area contributed by atoms with Crippen LogP contribution in [0.25, 0.3) is 0 Å². The van der Waals surface area contributed by atoms with Gasteiger partial charge in [-0.2, -0.15) is 0 Å². The Morgan fingerprint density at radius 1 is 1.47 bits per heavy atom. The first kappa shape index (κ1) is 12.8. The number of carbonyl (C=O) groups is 1. The molecule has 6 nitrogen and oxygen atoms in total. The zero-order chi connectivity index (χ0) is 12.6. The molecule has 2 saturated heterocycles. The fourth-order valence-corrected chi connectivity index (χ4v) is 2.29. The van der Waals surface area contributed by atoms with E-state index in [1.165, 1.54) is 0 Å². The summed E-state index contributed by atoms with van der Waals surface area (Å²) in [6.07, 6.45) is -2.04. The lowest BCUT2D eigenvalue weighted by atomic mass is 10.0. The summed E-state index contributed by atoms with van der Waals surface area (Å²) in [6.45, 7) is 3.18. The minimum absolute atomic E-state index is 0.244. The minimum Gasteiger partial charge on any atom is -0.459 e. The van der Waals surface area contributed by atoms with Gasteiger partial charge in [-0.25, -0.2) is 0 Å². The third kappa shape index (κ3) is 2.60. The van der Waals surface area contributed by atoms with E-state index in [0.717, 1.165) is 0 Å². The van der Waals surface area contributed by atoms with E-state index >= 15 is 0 Å². The van der Waals surface area contributed by atoms with Crippen LogP contribution in [0, 0.1) is 0 Å². The first-order chi connectivity index (χ1) is 7.93. The fraction of sp³-hybridized carbons (Fsp3) is 0.909. The number of cyclic esters (lactones) is 1. The maximum atomic E-state index is 11.0. The van der Waals surface area contributed by atoms with Gasteiger partial charge in [-0.15, -0.1) is 0 Å². The van der Waals surface area contributed by atoms with Gasteiger partial charge < -0.3 is 24.4 Å². The second-order valence-corrected chi connectivity index (χ2v) is 4.88. The Morgan fingerprint density at radius 3 is 2.71 bits per heavy atom. The number of esters is 1. The van der Waals surface area contributed by atoms with Crippen molar-refractivity contribution in [2.24, 2.45) is 0 Å². The van der Waals surface area contributed by atoms with Gasteiger partial charge in [-0.05, 0) is 20.3 Å². The summed E-state index contributed by atoms with van der Waals surface area (Å²) in [4.78, 5) is 11.0. The summed E-state index contributed by atoms with van der Waals surface area (Å²) in [7, 11) is 0. The molecule has 4 atom stereocenters. The third-order valence-corrected chi connectivity index (χ3v) is 3.03. The maximum absolute atomic E-state index is 11.0. The number of hydrogen-bond donors (Lipinski definition) is 2. The normalized spacial score (nSPS) is 38.1. The summed E-state index contributed by atoms with van der Waals surface area (Å²) in [6, 6.07) is 0. The average Bonchev–Trinajstić information content (AvgIpc) is 2.80. The molecule has 2 aliphatic rings. The molecule has 6 heteroatoms. The lowest BCUT2D eigenvalue weighted by molar-refractivity contribution is -0.167. The Kier molecular flexibility index (Phi) is 3.40. The largest absolute Gasteiger partial charge is 0.459 e. The maximum Gasteiger partial charge on any atom is 0.306 e. The molecule has 2 rings (SSSR count). The number of rotatable bonds is 3. The molecule has 0 radical (unpaired) electrons. The van der Waals surface area contributed by atoms with E-state index in [0.29, 0.717) is 12.8 Å². The van der Waals surface area contributed by atoms with Crippen molar-refractivity contribution in [3.8, 4) is 0 Å². The van der Waals surface area contributed by atoms with Gasteiger partial charge in [-0.3, -0.25) is 4.79 Å². The number of hydrogen-bond acceptors (Lipinski definition) is 6. The summed E-state index contributed by atoms with van der Waals surface area (Å²) in [5, 5.41) is 19.3. The molecule has 0 aliphatic carbocycles. The van der Waals surface area contributed by atoms with Gasteiger partial charge in [0.1, 0.15) is 24.4 Å². The van der Waals surface area contributed by atoms with E-state index < -0.39 is 30.2 Å². The van der Waals surface area contributed by atoms with Crippen molar-refractivity contribution in [1.29, 1.82) is 0 Å². The summed E-state index contributed by atoms with van der Waals surface area (Å²) in [5.74, 6) is -1.16. The first-order valence-corrected chi connectivity index (χ1v) is 5.77. The Balaban J connectivity index is 2.03. The van der Waals surface area contributed by atoms with Gasteiger partial charge in [0.05, 0.1) is 6.61 Å². The highest BCUT2D eigenvalue weighted by Crippen LogP contribution is 2.32. The molecule has 0 aromatic rings. The Morgan fingerprint density at radius 2 is 2.18 bits per heavy atom. The first-order valence-electron chi connectivity index (χ1n) is 5.77. The van der Waals surface area contributed by atoms with Crippen molar-refractivity contribution in [3.05, 3.63) is 0 Å². The zero-order valence-electron chi connectivity index (χ0n) is 9.96. The molecule has 2 N–H and O–H groups in total. The molecule has 0 saturated carbocycles. The molecular formula is C11H18O6. The molecule has 0 unspecified atom stereocenters. The molecule has 98 valence electrons. The predicted octanol–water partition coefficient (Wildman–Crippen LogP) is -0.435. The van der Waals surface area contributed by atoms with Crippen LogP contribution < -0.4 is 0 Å². The third-order valence-electron chi connectivity index (χ3n) is 3.03. The van der Waals surface area contributed by atoms with Crippen LogP contribution >= 0.6 is 0 Å². The standard InChI is InChI=1S/C11H18O6/c1-11(2)16-7(5-12)10(17-11)9(14)6-3-4-8(13)15-6/h6-7,9-10,12,14H,3-5H2,1-2H3/t6-,7-,9+,10-/m1/s1. The molecule has 17 heavy (non-hydrogen) atoms. The van der Waals surface area contributed by atoms with E-state index in [9.17, 15) is 15.0 Å². The Bertz CT molecular complexity index is 302. The lowest BCUT2D eigenvalue weighted by Crippen LogP contribution is -2.44. The molecule has 0 spiro atoms. The van der Waals surface area contributed by atoms with Gasteiger partial charge in [0.15, 0.2) is 5.79 Å². The van der Waals surface area contributed by atoms with Gasteiger partial charge in [0, 0.05) is 6.42 Å². The Hall–Kier alpha value is -0.690. The Labute approximate surface area is 99.5 Å². The van der Waals surface area contributed by atoms with E-state index in [1.54, 1.807) is 13.8 Å². The van der Waals surface area contributed by atoms with Crippen molar-refractivity contribution < 1.29 is 29.2 Å². The molecule has 2 fully saturated rings. The number of aliphatic hydroxyl groups is 2. The van der Waals surface area contributed by atoms with Crippen LogP contribution in [0.4, 0.5) is 0 Å². The van der Waals surface area contributed by atoms with Gasteiger partial charge in [0.25, 0.3) is 0 Å². The van der Waals surface area contributed by atoms with Crippen molar-refractivity contribution in [2.75, 3.05) is 6.61 Å². The topological polar surface area (TPSA) is 85.2 Å². The smallest absolute Gasteiger partial charge is 0.306 e. The summed E-state index contributed by atoms with van der Waals surface area (Å²) < 4.78 is 16.0. The molecule has 0 aromatic carbocycles. The van der Waals surface area contributed by atoms with E-state index in [-0.39, 0.29) is 12.6 Å². The second-order valence-electron chi connectivity index (χ2n) is 4.88. The van der Waals surface area contributed by atoms with Crippen molar-refractivity contribution in [1.82, 2.24) is 0 Å². The van der Waals surface area contributed by atoms with Crippen molar-refractivity contribution in [3.63, 3.8) is 0 Å². The SMILES string of the molecule is CC1(C)O[C@@H]([C@@H](O)[C@H]2CCC(=O)O2)[C@@H](CO)O1. The van der Waals surface area contributed by atoms with Crippen LogP contribution in [0.2, 0.25) is 0 Å². The van der Waals surface area contributed by atoms with Crippen molar-refractivity contribution >= 4 is 5.97 Å². The summed E-state index contributed by atoms with van der Waals surface area (Å²) >= 11 is 0. The number of carbonyl (C=O) groups excluding carboxylic acids is 1. The molecule has 0 aromatic heterocycles. The molecule has 2 aliphatic heterocycles. The zero-order valence-corrected chi connectivity index (χ0v) is 9.96. The second kappa shape index (κ2) is 4.53. The fourth-order valence-electron chi connectivity index (χ4n) is 2.29. The van der Waals surface area contributed by atoms with Crippen LogP contribution in [0.1, 0.15) is 26.7 Å². The predicted molar refractivity (Wildman–Crippen MR) is 56.0 cm³/mol. The van der Waals surface area contributed by atoms with Crippen LogP contribution in [0.5, 0.6) is 0 Å². The molecular weight excluding hydrogens is 228 g/mol. The van der Waals surface area contributed by atoms with Crippen LogP contribution in [0.15, 0.2) is 0 Å². The van der Waals surface area contributed by atoms with Crippen LogP contribution in [-0.4, -0.2) is 53.0 Å². The molecule has 0 amide bonds. The van der Waals surface area contributed by atoms with E-state index in [2.05, 4.69) is 0 Å². The highest BCUT2D eigenvalue weighted by molar-refractivity contribution is 5.71. The van der Waals surface area contributed by atoms with E-state index in [4.69, 9.17) is 14.2 Å². The van der Waals surface area contributed by atoms with Gasteiger partial charge >= 0.3 is 5.97 Å². The van der Waals surface area contributed by atoms with Crippen molar-refractivity contribution in [2.45, 2.75) is 56.9 Å². The highest BCUT2D eigenvalue weighted by Gasteiger charge is 2.48. The highest BCUT2D eigenvalue weighted by atomic mass is 16.8. The molecule has 0 bridgehead atoms. The van der Waals surface area contributed by atoms with Gasteiger partial charge in [-0.1, -0.05) is 0 Å². The lowest BCUT2D eigenvalue weighted by Gasteiger charge is -2.25. The number of ether oxygens (including phenoxy) is 3. The molecule has 2 heterocycles. The number of aliphatic hydroxyl groups excluding tert-OH is 2. The van der Waals surface area contributed by atoms with Crippen LogP contribution in [0.3, 0.4) is 0 Å².